The largest absolute Gasteiger partial charge is 0.493 e. The molecule has 0 unspecified atom stereocenters. The average Bonchev–Trinajstić information content (AvgIpc) is 3.15. The van der Waals surface area contributed by atoms with E-state index in [4.69, 9.17) is 16.3 Å². The number of amides is 1. The van der Waals surface area contributed by atoms with Crippen molar-refractivity contribution in [2.75, 3.05) is 12.4 Å². The van der Waals surface area contributed by atoms with Crippen LogP contribution in [0.1, 0.15) is 10.4 Å². The zero-order chi connectivity index (χ0) is 21.8. The Morgan fingerprint density at radius 3 is 2.67 bits per heavy atom. The summed E-state index contributed by atoms with van der Waals surface area (Å²) in [5.74, 6) is -1.71. The molecule has 1 heterocycles. The second kappa shape index (κ2) is 8.74. The maximum Gasteiger partial charge on any atom is 0.387 e. The number of carbonyl (C=O) groups is 1. The van der Waals surface area contributed by atoms with Crippen LogP contribution in [0.4, 0.5) is 20.2 Å². The molecule has 0 saturated carbocycles. The van der Waals surface area contributed by atoms with Gasteiger partial charge in [0.05, 0.1) is 46.9 Å². The molecule has 0 atom stereocenters. The molecule has 0 fully saturated rings. The van der Waals surface area contributed by atoms with Crippen LogP contribution >= 0.6 is 11.6 Å². The predicted octanol–water partition coefficient (Wildman–Crippen LogP) is 4.30. The third-order valence-corrected chi connectivity index (χ3v) is 4.20. The Hall–Kier alpha value is -3.73. The van der Waals surface area contributed by atoms with Gasteiger partial charge in [-0.3, -0.25) is 14.9 Å². The van der Waals surface area contributed by atoms with E-state index in [1.165, 1.54) is 17.1 Å². The summed E-state index contributed by atoms with van der Waals surface area (Å²) in [5, 5.41) is 18.3. The number of nitrogens with zero attached hydrogens (tertiary/aromatic N) is 3. The van der Waals surface area contributed by atoms with Crippen LogP contribution in [0.2, 0.25) is 5.02 Å². The number of hydrogen-bond acceptors (Lipinski definition) is 6. The van der Waals surface area contributed by atoms with Gasteiger partial charge in [-0.2, -0.15) is 13.9 Å². The third-order valence-electron chi connectivity index (χ3n) is 3.88. The molecule has 0 aliphatic carbocycles. The number of methoxy groups -OCH3 is 1. The molecule has 1 amide bonds. The Bertz CT molecular complexity index is 1110. The van der Waals surface area contributed by atoms with Crippen molar-refractivity contribution in [1.29, 1.82) is 0 Å². The number of aromatic nitrogens is 2. The molecule has 0 saturated heterocycles. The molecule has 3 rings (SSSR count). The van der Waals surface area contributed by atoms with E-state index in [-0.39, 0.29) is 11.4 Å². The van der Waals surface area contributed by atoms with Crippen molar-refractivity contribution in [3.8, 4) is 17.2 Å². The first-order valence-corrected chi connectivity index (χ1v) is 8.60. The van der Waals surface area contributed by atoms with Crippen LogP contribution in [-0.4, -0.2) is 34.3 Å². The van der Waals surface area contributed by atoms with E-state index in [1.54, 1.807) is 24.3 Å². The Morgan fingerprint density at radius 2 is 2.03 bits per heavy atom. The van der Waals surface area contributed by atoms with E-state index >= 15 is 0 Å². The molecule has 9 nitrogen and oxygen atoms in total. The minimum atomic E-state index is -3.23. The first-order valence-electron chi connectivity index (χ1n) is 8.22. The van der Waals surface area contributed by atoms with Crippen LogP contribution in [0.3, 0.4) is 0 Å². The summed E-state index contributed by atoms with van der Waals surface area (Å²) in [6.45, 7) is -3.23. The van der Waals surface area contributed by atoms with Crippen LogP contribution in [0.15, 0.2) is 48.8 Å². The quantitative estimate of drug-likeness (QED) is 0.435. The van der Waals surface area contributed by atoms with Crippen molar-refractivity contribution in [2.45, 2.75) is 6.61 Å². The van der Waals surface area contributed by atoms with Crippen molar-refractivity contribution < 1.29 is 28.0 Å². The molecule has 3 aromatic rings. The number of alkyl halides is 2. The number of carbonyl (C=O) groups excluding carboxylic acids is 1. The molecule has 2 aromatic carbocycles. The minimum Gasteiger partial charge on any atom is -0.493 e. The fourth-order valence-corrected chi connectivity index (χ4v) is 2.81. The summed E-state index contributed by atoms with van der Waals surface area (Å²) in [4.78, 5) is 23.1. The second-order valence-corrected chi connectivity index (χ2v) is 6.14. The highest BCUT2D eigenvalue weighted by molar-refractivity contribution is 6.32. The summed E-state index contributed by atoms with van der Waals surface area (Å²) in [5.41, 5.74) is -0.367. The monoisotopic (exact) mass is 438 g/mol. The standard InChI is InChI=1S/C18H13ClF2N4O5/c1-29-15-6-11(14(25(27)28)7-16(15)30-18(20)21)17(26)23-10-8-22-24(9-10)13-5-3-2-4-12(13)19/h2-9,18H,1H3,(H,23,26). The number of nitro benzene ring substituents is 1. The number of nitrogens with one attached hydrogen (secondary N) is 1. The SMILES string of the molecule is COc1cc(C(=O)Nc2cnn(-c3ccccc3Cl)c2)c([N+](=O)[O-])cc1OC(F)F. The van der Waals surface area contributed by atoms with Crippen molar-refractivity contribution in [2.24, 2.45) is 0 Å². The van der Waals surface area contributed by atoms with Gasteiger partial charge in [0, 0.05) is 6.07 Å². The number of ether oxygens (including phenoxy) is 2. The average molecular weight is 439 g/mol. The molecule has 12 heteroatoms. The number of rotatable bonds is 7. The van der Waals surface area contributed by atoms with Gasteiger partial charge >= 0.3 is 6.61 Å². The zero-order valence-electron chi connectivity index (χ0n) is 15.2. The molecule has 0 radical (unpaired) electrons. The molecule has 0 bridgehead atoms. The normalized spacial score (nSPS) is 10.7. The molecule has 0 aliphatic rings. The van der Waals surface area contributed by atoms with Gasteiger partial charge < -0.3 is 14.8 Å². The van der Waals surface area contributed by atoms with Crippen molar-refractivity contribution in [3.05, 3.63) is 69.5 Å². The van der Waals surface area contributed by atoms with Gasteiger partial charge in [0.2, 0.25) is 0 Å². The first-order chi connectivity index (χ1) is 14.3. The van der Waals surface area contributed by atoms with E-state index in [0.717, 1.165) is 13.2 Å². The lowest BCUT2D eigenvalue weighted by molar-refractivity contribution is -0.385. The molecule has 0 spiro atoms. The van der Waals surface area contributed by atoms with Gasteiger partial charge in [-0.1, -0.05) is 23.7 Å². The number of anilines is 1. The van der Waals surface area contributed by atoms with E-state index in [1.807, 2.05) is 0 Å². The van der Waals surface area contributed by atoms with Gasteiger partial charge in [-0.15, -0.1) is 0 Å². The van der Waals surface area contributed by atoms with Crippen molar-refractivity contribution in [3.63, 3.8) is 0 Å². The van der Waals surface area contributed by atoms with Gasteiger partial charge in [0.1, 0.15) is 5.56 Å². The number of nitro groups is 1. The van der Waals surface area contributed by atoms with Crippen LogP contribution in [0.25, 0.3) is 5.69 Å². The summed E-state index contributed by atoms with van der Waals surface area (Å²) in [6, 6.07) is 8.51. The molecule has 1 N–H and O–H groups in total. The zero-order valence-corrected chi connectivity index (χ0v) is 16.0. The highest BCUT2D eigenvalue weighted by atomic mass is 35.5. The van der Waals surface area contributed by atoms with Gasteiger partial charge in [-0.25, -0.2) is 4.68 Å². The lowest BCUT2D eigenvalue weighted by Gasteiger charge is -2.12. The Kier molecular flexibility index (Phi) is 6.11. The fourth-order valence-electron chi connectivity index (χ4n) is 2.58. The van der Waals surface area contributed by atoms with Gasteiger partial charge in [0.25, 0.3) is 11.6 Å². The third kappa shape index (κ3) is 4.46. The molecule has 30 heavy (non-hydrogen) atoms. The van der Waals surface area contributed by atoms with E-state index in [2.05, 4.69) is 15.2 Å². The lowest BCUT2D eigenvalue weighted by atomic mass is 10.1. The fraction of sp³-hybridized carbons (Fsp3) is 0.111. The predicted molar refractivity (Wildman–Crippen MR) is 103 cm³/mol. The van der Waals surface area contributed by atoms with Gasteiger partial charge in [0.15, 0.2) is 11.5 Å². The maximum atomic E-state index is 12.6. The van der Waals surface area contributed by atoms with Crippen LogP contribution in [-0.2, 0) is 0 Å². The number of halogens is 3. The second-order valence-electron chi connectivity index (χ2n) is 5.73. The molecule has 1 aromatic heterocycles. The summed E-state index contributed by atoms with van der Waals surface area (Å²) in [7, 11) is 1.15. The van der Waals surface area contributed by atoms with Crippen molar-refractivity contribution >= 4 is 28.9 Å². The smallest absolute Gasteiger partial charge is 0.387 e. The van der Waals surface area contributed by atoms with E-state index in [0.29, 0.717) is 16.8 Å². The summed E-state index contributed by atoms with van der Waals surface area (Å²) < 4.78 is 35.6. The number of para-hydroxylation sites is 1. The highest BCUT2D eigenvalue weighted by Crippen LogP contribution is 2.36. The summed E-state index contributed by atoms with van der Waals surface area (Å²) >= 11 is 6.11. The van der Waals surface area contributed by atoms with E-state index < -0.39 is 34.4 Å². The topological polar surface area (TPSA) is 109 Å². The van der Waals surface area contributed by atoms with Crippen LogP contribution in [0.5, 0.6) is 11.5 Å². The lowest BCUT2D eigenvalue weighted by Crippen LogP contribution is -2.14. The van der Waals surface area contributed by atoms with Crippen molar-refractivity contribution in [1.82, 2.24) is 9.78 Å². The molecular formula is C18H13ClF2N4O5. The van der Waals surface area contributed by atoms with E-state index in [9.17, 15) is 23.7 Å². The van der Waals surface area contributed by atoms with Gasteiger partial charge in [-0.05, 0) is 12.1 Å². The minimum absolute atomic E-state index is 0.223. The number of hydrogen-bond donors (Lipinski definition) is 1. The van der Waals surface area contributed by atoms with Crippen LogP contribution < -0.4 is 14.8 Å². The Morgan fingerprint density at radius 1 is 1.30 bits per heavy atom. The Labute approximate surface area is 172 Å². The molecule has 0 aliphatic heterocycles. The molecular weight excluding hydrogens is 426 g/mol. The maximum absolute atomic E-state index is 12.6. The highest BCUT2D eigenvalue weighted by Gasteiger charge is 2.26. The number of benzene rings is 2. The molecule has 156 valence electrons. The summed E-state index contributed by atoms with van der Waals surface area (Å²) in [6.07, 6.45) is 2.77. The van der Waals surface area contributed by atoms with Crippen LogP contribution in [0, 0.1) is 10.1 Å². The Balaban J connectivity index is 1.91. The first kappa shape index (κ1) is 21.0.